The first kappa shape index (κ1) is 13.9. The molecule has 0 bridgehead atoms. The second-order valence-corrected chi connectivity index (χ2v) is 4.45. The van der Waals surface area contributed by atoms with Gasteiger partial charge >= 0.3 is 5.97 Å². The highest BCUT2D eigenvalue weighted by molar-refractivity contribution is 5.92. The van der Waals surface area contributed by atoms with Crippen LogP contribution in [0.4, 0.5) is 0 Å². The van der Waals surface area contributed by atoms with E-state index in [1.54, 1.807) is 18.3 Å². The first-order valence-electron chi connectivity index (χ1n) is 6.38. The van der Waals surface area contributed by atoms with Crippen LogP contribution >= 0.6 is 0 Å². The molecule has 1 atom stereocenters. The van der Waals surface area contributed by atoms with Crippen LogP contribution in [0.1, 0.15) is 34.9 Å². The zero-order valence-corrected chi connectivity index (χ0v) is 10.9. The van der Waals surface area contributed by atoms with Crippen molar-refractivity contribution >= 4 is 11.9 Å². The number of hydrogen-bond acceptors (Lipinski definition) is 2. The number of aromatic amines is 1. The number of carbonyl (C=O) groups is 2. The van der Waals surface area contributed by atoms with Gasteiger partial charge in [0.25, 0.3) is 5.91 Å². The Balaban J connectivity index is 2.10. The second-order valence-electron chi connectivity index (χ2n) is 4.45. The monoisotopic (exact) mass is 272 g/mol. The molecule has 0 aliphatic rings. The van der Waals surface area contributed by atoms with Gasteiger partial charge in [-0.3, -0.25) is 9.59 Å². The third kappa shape index (κ3) is 3.71. The number of carboxylic acid groups (broad SMARTS) is 1. The van der Waals surface area contributed by atoms with Crippen LogP contribution in [0.15, 0.2) is 48.7 Å². The summed E-state index contributed by atoms with van der Waals surface area (Å²) in [5, 5.41) is 11.7. The average molecular weight is 272 g/mol. The van der Waals surface area contributed by atoms with Crippen LogP contribution in [0.2, 0.25) is 0 Å². The summed E-state index contributed by atoms with van der Waals surface area (Å²) in [4.78, 5) is 25.6. The molecule has 0 radical (unpaired) electrons. The molecular weight excluding hydrogens is 256 g/mol. The number of hydrogen-bond donors (Lipinski definition) is 3. The van der Waals surface area contributed by atoms with Crippen LogP contribution in [0.25, 0.3) is 0 Å². The fourth-order valence-corrected chi connectivity index (χ4v) is 1.98. The van der Waals surface area contributed by atoms with Gasteiger partial charge in [-0.2, -0.15) is 0 Å². The van der Waals surface area contributed by atoms with Crippen LogP contribution in [0, 0.1) is 0 Å². The lowest BCUT2D eigenvalue weighted by Gasteiger charge is -2.18. The van der Waals surface area contributed by atoms with Crippen molar-refractivity contribution in [1.82, 2.24) is 10.3 Å². The minimum Gasteiger partial charge on any atom is -0.481 e. The standard InChI is InChI=1S/C15H16N2O3/c18-14(19)9-8-12(11-5-2-1-3-6-11)17-15(20)13-7-4-10-16-13/h1-7,10,12,16H,8-9H2,(H,17,20)(H,18,19). The number of carboxylic acids is 1. The lowest BCUT2D eigenvalue weighted by Crippen LogP contribution is -2.29. The van der Waals surface area contributed by atoms with Crippen molar-refractivity contribution in [3.05, 3.63) is 59.9 Å². The van der Waals surface area contributed by atoms with E-state index in [9.17, 15) is 9.59 Å². The first-order valence-corrected chi connectivity index (χ1v) is 6.38. The molecule has 2 rings (SSSR count). The fraction of sp³-hybridized carbons (Fsp3) is 0.200. The van der Waals surface area contributed by atoms with Crippen molar-refractivity contribution in [1.29, 1.82) is 0 Å². The fourth-order valence-electron chi connectivity index (χ4n) is 1.98. The summed E-state index contributed by atoms with van der Waals surface area (Å²) in [7, 11) is 0. The predicted octanol–water partition coefficient (Wildman–Crippen LogP) is 2.35. The van der Waals surface area contributed by atoms with E-state index < -0.39 is 5.97 Å². The molecule has 5 heteroatoms. The largest absolute Gasteiger partial charge is 0.481 e. The van der Waals surface area contributed by atoms with Gasteiger partial charge in [-0.05, 0) is 24.1 Å². The zero-order chi connectivity index (χ0) is 14.4. The highest BCUT2D eigenvalue weighted by Gasteiger charge is 2.17. The molecule has 1 unspecified atom stereocenters. The number of H-pyrrole nitrogens is 1. The Morgan fingerprint density at radius 3 is 2.50 bits per heavy atom. The van der Waals surface area contributed by atoms with Crippen molar-refractivity contribution in [2.45, 2.75) is 18.9 Å². The molecule has 5 nitrogen and oxygen atoms in total. The van der Waals surface area contributed by atoms with E-state index in [-0.39, 0.29) is 18.4 Å². The summed E-state index contributed by atoms with van der Waals surface area (Å²) in [5.74, 6) is -1.12. The van der Waals surface area contributed by atoms with Crippen molar-refractivity contribution in [2.24, 2.45) is 0 Å². The van der Waals surface area contributed by atoms with Gasteiger partial charge < -0.3 is 15.4 Å². The Labute approximate surface area is 116 Å². The summed E-state index contributed by atoms with van der Waals surface area (Å²) < 4.78 is 0. The normalized spacial score (nSPS) is 11.8. The lowest BCUT2D eigenvalue weighted by atomic mass is 10.0. The Bertz CT molecular complexity index is 564. The van der Waals surface area contributed by atoms with E-state index in [2.05, 4.69) is 10.3 Å². The first-order chi connectivity index (χ1) is 9.66. The minimum atomic E-state index is -0.875. The van der Waals surface area contributed by atoms with E-state index in [0.29, 0.717) is 12.1 Å². The molecule has 104 valence electrons. The van der Waals surface area contributed by atoms with Crippen LogP contribution in [0.5, 0.6) is 0 Å². The number of amides is 1. The highest BCUT2D eigenvalue weighted by atomic mass is 16.4. The number of aromatic nitrogens is 1. The van der Waals surface area contributed by atoms with Crippen LogP contribution in [-0.2, 0) is 4.79 Å². The van der Waals surface area contributed by atoms with Crippen molar-refractivity contribution in [3.8, 4) is 0 Å². The summed E-state index contributed by atoms with van der Waals surface area (Å²) in [6, 6.07) is 12.5. The molecule has 0 fully saturated rings. The van der Waals surface area contributed by atoms with Gasteiger partial charge in [0.15, 0.2) is 0 Å². The average Bonchev–Trinajstić information content (AvgIpc) is 2.98. The van der Waals surface area contributed by atoms with E-state index >= 15 is 0 Å². The van der Waals surface area contributed by atoms with Gasteiger partial charge in [-0.1, -0.05) is 30.3 Å². The maximum absolute atomic E-state index is 12.0. The van der Waals surface area contributed by atoms with Crippen molar-refractivity contribution in [2.75, 3.05) is 0 Å². The van der Waals surface area contributed by atoms with Gasteiger partial charge in [0, 0.05) is 12.6 Å². The molecule has 1 aromatic carbocycles. The van der Waals surface area contributed by atoms with E-state index in [1.807, 2.05) is 30.3 Å². The number of carbonyl (C=O) groups excluding carboxylic acids is 1. The zero-order valence-electron chi connectivity index (χ0n) is 10.9. The molecule has 1 heterocycles. The number of aliphatic carboxylic acids is 1. The summed E-state index contributed by atoms with van der Waals surface area (Å²) >= 11 is 0. The number of nitrogens with one attached hydrogen (secondary N) is 2. The van der Waals surface area contributed by atoms with Gasteiger partial charge in [0.05, 0.1) is 6.04 Å². The molecule has 1 aromatic heterocycles. The number of rotatable bonds is 6. The molecule has 0 aliphatic heterocycles. The molecule has 1 amide bonds. The van der Waals surface area contributed by atoms with Gasteiger partial charge in [0.2, 0.25) is 0 Å². The molecule has 3 N–H and O–H groups in total. The van der Waals surface area contributed by atoms with Crippen LogP contribution in [0.3, 0.4) is 0 Å². The van der Waals surface area contributed by atoms with Gasteiger partial charge in [0.1, 0.15) is 5.69 Å². The minimum absolute atomic E-state index is 0.00453. The smallest absolute Gasteiger partial charge is 0.303 e. The quantitative estimate of drug-likeness (QED) is 0.755. The second kappa shape index (κ2) is 6.56. The molecule has 20 heavy (non-hydrogen) atoms. The molecular formula is C15H16N2O3. The van der Waals surface area contributed by atoms with E-state index in [1.165, 1.54) is 0 Å². The Morgan fingerprint density at radius 1 is 1.15 bits per heavy atom. The molecule has 0 saturated carbocycles. The lowest BCUT2D eigenvalue weighted by molar-refractivity contribution is -0.137. The molecule has 0 spiro atoms. The van der Waals surface area contributed by atoms with E-state index in [0.717, 1.165) is 5.56 Å². The maximum atomic E-state index is 12.0. The van der Waals surface area contributed by atoms with Crippen LogP contribution < -0.4 is 5.32 Å². The Hall–Kier alpha value is -2.56. The molecule has 2 aromatic rings. The highest BCUT2D eigenvalue weighted by Crippen LogP contribution is 2.18. The van der Waals surface area contributed by atoms with Crippen molar-refractivity contribution in [3.63, 3.8) is 0 Å². The topological polar surface area (TPSA) is 82.2 Å². The predicted molar refractivity (Wildman–Crippen MR) is 74.3 cm³/mol. The third-order valence-corrected chi connectivity index (χ3v) is 3.00. The van der Waals surface area contributed by atoms with Gasteiger partial charge in [-0.25, -0.2) is 0 Å². The number of benzene rings is 1. The maximum Gasteiger partial charge on any atom is 0.303 e. The van der Waals surface area contributed by atoms with Crippen molar-refractivity contribution < 1.29 is 14.7 Å². The SMILES string of the molecule is O=C(O)CCC(NC(=O)c1ccc[nH]1)c1ccccc1. The summed E-state index contributed by atoms with van der Waals surface area (Å²) in [6.07, 6.45) is 2.03. The third-order valence-electron chi connectivity index (χ3n) is 3.00. The Kier molecular flexibility index (Phi) is 4.55. The van der Waals surface area contributed by atoms with E-state index in [4.69, 9.17) is 5.11 Å². The summed E-state index contributed by atoms with van der Waals surface area (Å²) in [5.41, 5.74) is 1.36. The van der Waals surface area contributed by atoms with Crippen LogP contribution in [-0.4, -0.2) is 22.0 Å². The van der Waals surface area contributed by atoms with Gasteiger partial charge in [-0.15, -0.1) is 0 Å². The molecule has 0 saturated heterocycles. The summed E-state index contributed by atoms with van der Waals surface area (Å²) in [6.45, 7) is 0. The molecule has 0 aliphatic carbocycles. The Morgan fingerprint density at radius 2 is 1.90 bits per heavy atom.